The van der Waals surface area contributed by atoms with Crippen molar-refractivity contribution in [3.05, 3.63) is 63.8 Å². The zero-order valence-electron chi connectivity index (χ0n) is 18.9. The third kappa shape index (κ3) is 6.01. The van der Waals surface area contributed by atoms with Crippen molar-refractivity contribution in [2.24, 2.45) is 0 Å². The van der Waals surface area contributed by atoms with Gasteiger partial charge in [-0.1, -0.05) is 23.7 Å². The summed E-state index contributed by atoms with van der Waals surface area (Å²) in [5.41, 5.74) is -4.04. The molecule has 0 bridgehead atoms. The van der Waals surface area contributed by atoms with Gasteiger partial charge in [0.25, 0.3) is 5.91 Å². The van der Waals surface area contributed by atoms with Gasteiger partial charge >= 0.3 is 12.4 Å². The summed E-state index contributed by atoms with van der Waals surface area (Å²) in [7, 11) is -4.07. The van der Waals surface area contributed by atoms with E-state index in [9.17, 15) is 39.6 Å². The Morgan fingerprint density at radius 1 is 1.08 bits per heavy atom. The smallest absolute Gasteiger partial charge is 0.395 e. The fraction of sp³-hybridized carbons (Fsp3) is 0.190. The van der Waals surface area contributed by atoms with Gasteiger partial charge in [-0.25, -0.2) is 22.6 Å². The molecule has 0 saturated carbocycles. The molecular formula is C21H14ClF6N5O4S2. The Labute approximate surface area is 224 Å². The highest BCUT2D eigenvalue weighted by Gasteiger charge is 2.36. The number of sulfonamides is 1. The molecule has 0 fully saturated rings. The van der Waals surface area contributed by atoms with Crippen LogP contribution in [0.15, 0.2) is 46.8 Å². The molecule has 208 valence electrons. The summed E-state index contributed by atoms with van der Waals surface area (Å²) in [6.07, 6.45) is -8.85. The number of benzene rings is 1. The molecule has 0 spiro atoms. The number of hydrogen-bond acceptors (Lipinski definition) is 7. The van der Waals surface area contributed by atoms with Gasteiger partial charge < -0.3 is 10.4 Å². The van der Waals surface area contributed by atoms with Crippen LogP contribution in [0.1, 0.15) is 21.6 Å². The van der Waals surface area contributed by atoms with E-state index in [1.54, 1.807) is 0 Å². The van der Waals surface area contributed by atoms with Crippen molar-refractivity contribution in [2.75, 3.05) is 18.5 Å². The summed E-state index contributed by atoms with van der Waals surface area (Å²) in [4.78, 5) is 17.0. The zero-order valence-corrected chi connectivity index (χ0v) is 21.3. The van der Waals surface area contributed by atoms with Crippen molar-refractivity contribution in [3.63, 3.8) is 0 Å². The summed E-state index contributed by atoms with van der Waals surface area (Å²) < 4.78 is 107. The quantitative estimate of drug-likeness (QED) is 0.260. The first-order chi connectivity index (χ1) is 18.1. The van der Waals surface area contributed by atoms with E-state index in [0.717, 1.165) is 24.4 Å². The number of rotatable bonds is 7. The maximum absolute atomic E-state index is 13.8. The molecule has 3 aromatic heterocycles. The van der Waals surface area contributed by atoms with Gasteiger partial charge in [0.05, 0.1) is 29.7 Å². The molecule has 0 aliphatic carbocycles. The van der Waals surface area contributed by atoms with Gasteiger partial charge in [0, 0.05) is 12.1 Å². The lowest BCUT2D eigenvalue weighted by Gasteiger charge is -2.12. The first-order valence-electron chi connectivity index (χ1n) is 10.5. The van der Waals surface area contributed by atoms with Crippen molar-refractivity contribution >= 4 is 50.2 Å². The molecule has 3 heterocycles. The van der Waals surface area contributed by atoms with Gasteiger partial charge in [-0.3, -0.25) is 4.79 Å². The lowest BCUT2D eigenvalue weighted by Crippen LogP contribution is -2.25. The number of nitrogens with one attached hydrogen (secondary N) is 2. The zero-order chi connectivity index (χ0) is 28.8. The van der Waals surface area contributed by atoms with E-state index in [4.69, 9.17) is 16.7 Å². The van der Waals surface area contributed by atoms with Gasteiger partial charge in [0.15, 0.2) is 11.3 Å². The number of aromatic nitrogens is 3. The molecule has 0 aliphatic heterocycles. The highest BCUT2D eigenvalue weighted by Crippen LogP contribution is 2.37. The summed E-state index contributed by atoms with van der Waals surface area (Å²) in [5.74, 6) is -1.04. The summed E-state index contributed by atoms with van der Waals surface area (Å²) in [6, 6.07) is 4.83. The topological polar surface area (TPSA) is 126 Å². The predicted octanol–water partition coefficient (Wildman–Crippen LogP) is 4.67. The van der Waals surface area contributed by atoms with E-state index < -0.39 is 57.4 Å². The molecule has 0 unspecified atom stereocenters. The molecule has 0 aliphatic rings. The highest BCUT2D eigenvalue weighted by molar-refractivity contribution is 7.91. The number of hydrogen-bond donors (Lipinski definition) is 3. The van der Waals surface area contributed by atoms with Crippen LogP contribution in [0, 0.1) is 0 Å². The Balaban J connectivity index is 1.74. The van der Waals surface area contributed by atoms with Crippen LogP contribution >= 0.6 is 22.9 Å². The van der Waals surface area contributed by atoms with Crippen LogP contribution in [0.4, 0.5) is 32.0 Å². The number of anilines is 1. The van der Waals surface area contributed by atoms with E-state index >= 15 is 0 Å². The number of nitrogens with zero attached hydrogens (tertiary/aromatic N) is 3. The van der Waals surface area contributed by atoms with Crippen LogP contribution in [-0.4, -0.2) is 47.2 Å². The molecule has 4 aromatic rings. The van der Waals surface area contributed by atoms with Gasteiger partial charge in [-0.2, -0.15) is 31.4 Å². The van der Waals surface area contributed by atoms with E-state index in [0.29, 0.717) is 34.1 Å². The van der Waals surface area contributed by atoms with E-state index in [1.165, 1.54) is 0 Å². The van der Waals surface area contributed by atoms with Gasteiger partial charge in [-0.05, 0) is 24.3 Å². The first-order valence-corrected chi connectivity index (χ1v) is 13.1. The van der Waals surface area contributed by atoms with Crippen LogP contribution in [0.2, 0.25) is 4.34 Å². The molecule has 9 nitrogen and oxygen atoms in total. The molecular weight excluding hydrogens is 600 g/mol. The van der Waals surface area contributed by atoms with Crippen molar-refractivity contribution in [1.82, 2.24) is 19.3 Å². The molecule has 0 atom stereocenters. The van der Waals surface area contributed by atoms with E-state index in [2.05, 4.69) is 20.1 Å². The Kier molecular flexibility index (Phi) is 7.65. The Bertz CT molecular complexity index is 1650. The largest absolute Gasteiger partial charge is 0.433 e. The average Bonchev–Trinajstić information content (AvgIpc) is 3.45. The second-order valence-corrected chi connectivity index (χ2v) is 11.4. The average molecular weight is 614 g/mol. The van der Waals surface area contributed by atoms with Gasteiger partial charge in [0.1, 0.15) is 14.1 Å². The summed E-state index contributed by atoms with van der Waals surface area (Å²) in [6.45, 7) is -0.756. The Morgan fingerprint density at radius 3 is 2.33 bits per heavy atom. The maximum atomic E-state index is 13.8. The lowest BCUT2D eigenvalue weighted by atomic mass is 10.1. The second kappa shape index (κ2) is 10.4. The number of carbonyl (C=O) groups is 1. The normalized spacial score (nSPS) is 12.7. The molecule has 1 aromatic carbocycles. The molecule has 0 radical (unpaired) electrons. The van der Waals surface area contributed by atoms with Crippen LogP contribution < -0.4 is 10.0 Å². The Morgan fingerprint density at radius 2 is 1.74 bits per heavy atom. The lowest BCUT2D eigenvalue weighted by molar-refractivity contribution is -0.142. The number of aliphatic hydroxyl groups is 1. The maximum Gasteiger partial charge on any atom is 0.433 e. The number of halogens is 7. The number of aliphatic hydroxyl groups excluding tert-OH is 1. The van der Waals surface area contributed by atoms with E-state index in [-0.39, 0.29) is 32.0 Å². The standard InChI is InChI=1S/C21H14ClF6N5O4S2/c22-17-14(8-16(38-17)39(36,37)30-5-6-34)32-19(35)12-9-29-33-15(21(26,27)28)7-13(31-18(12)33)10-1-3-11(4-2-10)20(23,24)25/h1-4,7-9,30,34H,5-6H2,(H,32,35). The molecule has 1 amide bonds. The molecule has 4 rings (SSSR count). The summed E-state index contributed by atoms with van der Waals surface area (Å²) >= 11 is 6.62. The number of alkyl halides is 6. The van der Waals surface area contributed by atoms with Crippen LogP contribution in [0.3, 0.4) is 0 Å². The van der Waals surface area contributed by atoms with Crippen LogP contribution in [-0.2, 0) is 22.4 Å². The minimum atomic E-state index is -4.98. The van der Waals surface area contributed by atoms with Crippen LogP contribution in [0.25, 0.3) is 16.9 Å². The number of fused-ring (bicyclic) bond motifs is 1. The van der Waals surface area contributed by atoms with E-state index in [1.807, 2.05) is 0 Å². The SMILES string of the molecule is O=C(Nc1cc(S(=O)(=O)NCCO)sc1Cl)c1cnn2c(C(F)(F)F)cc(-c3ccc(C(F)(F)F)cc3)nc12. The first kappa shape index (κ1) is 28.8. The van der Waals surface area contributed by atoms with Crippen molar-refractivity contribution in [1.29, 1.82) is 0 Å². The monoisotopic (exact) mass is 613 g/mol. The minimum Gasteiger partial charge on any atom is -0.395 e. The summed E-state index contributed by atoms with van der Waals surface area (Å²) in [5, 5.41) is 14.7. The third-order valence-corrected chi connectivity index (χ3v) is 8.39. The number of amides is 1. The fourth-order valence-corrected chi connectivity index (χ4v) is 6.01. The third-order valence-electron chi connectivity index (χ3n) is 5.10. The van der Waals surface area contributed by atoms with Crippen molar-refractivity contribution < 1.29 is 44.7 Å². The molecule has 3 N–H and O–H groups in total. The van der Waals surface area contributed by atoms with Gasteiger partial charge in [0.2, 0.25) is 10.0 Å². The molecule has 0 saturated heterocycles. The predicted molar refractivity (Wildman–Crippen MR) is 128 cm³/mol. The minimum absolute atomic E-state index is 0.0883. The fourth-order valence-electron chi connectivity index (χ4n) is 3.31. The molecule has 39 heavy (non-hydrogen) atoms. The van der Waals surface area contributed by atoms with Crippen molar-refractivity contribution in [3.8, 4) is 11.3 Å². The highest BCUT2D eigenvalue weighted by atomic mass is 35.5. The number of thiophene rings is 1. The number of carbonyl (C=O) groups excluding carboxylic acids is 1. The van der Waals surface area contributed by atoms with Crippen molar-refractivity contribution in [2.45, 2.75) is 16.6 Å². The second-order valence-electron chi connectivity index (χ2n) is 7.72. The molecule has 18 heteroatoms. The van der Waals surface area contributed by atoms with Gasteiger partial charge in [-0.15, -0.1) is 11.3 Å². The Hall–Kier alpha value is -3.25. The van der Waals surface area contributed by atoms with Crippen LogP contribution in [0.5, 0.6) is 0 Å².